The van der Waals surface area contributed by atoms with Crippen LogP contribution in [-0.4, -0.2) is 37.2 Å². The highest BCUT2D eigenvalue weighted by atomic mass is 19.4. The summed E-state index contributed by atoms with van der Waals surface area (Å²) in [5, 5.41) is 0. The Balaban J connectivity index is 2.28. The van der Waals surface area contributed by atoms with Crippen molar-refractivity contribution in [1.82, 2.24) is 4.90 Å². The zero-order valence-corrected chi connectivity index (χ0v) is 13.8. The van der Waals surface area contributed by atoms with E-state index >= 15 is 0 Å². The van der Waals surface area contributed by atoms with Crippen molar-refractivity contribution < 1.29 is 31.9 Å². The Morgan fingerprint density at radius 1 is 1.24 bits per heavy atom. The molecule has 0 saturated carbocycles. The maximum Gasteiger partial charge on any atom is 0.406 e. The molecule has 0 fully saturated rings. The van der Waals surface area contributed by atoms with Crippen LogP contribution in [0.25, 0.3) is 0 Å². The van der Waals surface area contributed by atoms with Crippen molar-refractivity contribution in [2.75, 3.05) is 20.3 Å². The SMILES string of the molecule is CCOc1ccc(C(=O)N(Cc2ccco2)CC(F)(F)F)cc1OC. The van der Waals surface area contributed by atoms with Gasteiger partial charge in [-0.05, 0) is 37.3 Å². The van der Waals surface area contributed by atoms with Crippen LogP contribution in [0.1, 0.15) is 23.0 Å². The number of carbonyl (C=O) groups is 1. The van der Waals surface area contributed by atoms with Crippen LogP contribution in [0, 0.1) is 0 Å². The Morgan fingerprint density at radius 2 is 2.00 bits per heavy atom. The van der Waals surface area contributed by atoms with E-state index in [0.717, 1.165) is 0 Å². The van der Waals surface area contributed by atoms with Crippen molar-refractivity contribution >= 4 is 5.91 Å². The summed E-state index contributed by atoms with van der Waals surface area (Å²) in [5.41, 5.74) is 0.0658. The summed E-state index contributed by atoms with van der Waals surface area (Å²) < 4.78 is 54.1. The van der Waals surface area contributed by atoms with Crippen LogP contribution in [0.3, 0.4) is 0 Å². The third-order valence-electron chi connectivity index (χ3n) is 3.29. The first kappa shape index (κ1) is 18.7. The predicted molar refractivity (Wildman–Crippen MR) is 83.7 cm³/mol. The van der Waals surface area contributed by atoms with Crippen LogP contribution in [0.2, 0.25) is 0 Å². The Morgan fingerprint density at radius 3 is 2.56 bits per heavy atom. The number of furan rings is 1. The molecule has 25 heavy (non-hydrogen) atoms. The molecule has 0 N–H and O–H groups in total. The van der Waals surface area contributed by atoms with Gasteiger partial charge in [0, 0.05) is 5.56 Å². The smallest absolute Gasteiger partial charge is 0.406 e. The number of hydrogen-bond acceptors (Lipinski definition) is 4. The molecular weight excluding hydrogens is 339 g/mol. The second-order valence-electron chi connectivity index (χ2n) is 5.15. The maximum atomic E-state index is 12.9. The summed E-state index contributed by atoms with van der Waals surface area (Å²) in [4.78, 5) is 13.2. The van der Waals surface area contributed by atoms with Crippen molar-refractivity contribution in [3.8, 4) is 11.5 Å². The molecule has 0 aliphatic heterocycles. The third kappa shape index (κ3) is 5.17. The van der Waals surface area contributed by atoms with Gasteiger partial charge in [-0.15, -0.1) is 0 Å². The summed E-state index contributed by atoms with van der Waals surface area (Å²) in [6.07, 6.45) is -3.19. The van der Waals surface area contributed by atoms with E-state index in [4.69, 9.17) is 13.9 Å². The molecule has 8 heteroatoms. The van der Waals surface area contributed by atoms with Gasteiger partial charge in [0.1, 0.15) is 12.3 Å². The lowest BCUT2D eigenvalue weighted by atomic mass is 10.1. The highest BCUT2D eigenvalue weighted by Gasteiger charge is 2.34. The van der Waals surface area contributed by atoms with Gasteiger partial charge in [0.15, 0.2) is 11.5 Å². The molecule has 136 valence electrons. The standard InChI is InChI=1S/C17H18F3NO4/c1-3-24-14-7-6-12(9-15(14)23-2)16(22)21(11-17(18,19)20)10-13-5-4-8-25-13/h4-9H,3,10-11H2,1-2H3. The Labute approximate surface area is 142 Å². The molecule has 0 atom stereocenters. The van der Waals surface area contributed by atoms with E-state index in [1.54, 1.807) is 13.0 Å². The van der Waals surface area contributed by atoms with Gasteiger partial charge in [-0.3, -0.25) is 4.79 Å². The molecule has 2 rings (SSSR count). The van der Waals surface area contributed by atoms with Crippen molar-refractivity contribution in [2.45, 2.75) is 19.6 Å². The molecule has 0 aliphatic carbocycles. The first-order valence-corrected chi connectivity index (χ1v) is 7.53. The van der Waals surface area contributed by atoms with Gasteiger partial charge in [0.2, 0.25) is 0 Å². The minimum absolute atomic E-state index is 0.0658. The van der Waals surface area contributed by atoms with E-state index in [2.05, 4.69) is 0 Å². The monoisotopic (exact) mass is 357 g/mol. The average molecular weight is 357 g/mol. The lowest BCUT2D eigenvalue weighted by Gasteiger charge is -2.23. The van der Waals surface area contributed by atoms with Crippen molar-refractivity contribution in [3.05, 3.63) is 47.9 Å². The van der Waals surface area contributed by atoms with E-state index in [9.17, 15) is 18.0 Å². The molecule has 0 aliphatic rings. The first-order valence-electron chi connectivity index (χ1n) is 7.53. The summed E-state index contributed by atoms with van der Waals surface area (Å²) in [5.74, 6) is 0.165. The first-order chi connectivity index (χ1) is 11.8. The number of halogens is 3. The number of ether oxygens (including phenoxy) is 2. The van der Waals surface area contributed by atoms with E-state index < -0.39 is 18.6 Å². The number of benzene rings is 1. The second kappa shape index (κ2) is 7.96. The lowest BCUT2D eigenvalue weighted by Crippen LogP contribution is -2.38. The molecule has 0 spiro atoms. The molecule has 1 heterocycles. The number of nitrogens with zero attached hydrogens (tertiary/aromatic N) is 1. The molecule has 1 amide bonds. The van der Waals surface area contributed by atoms with Crippen LogP contribution in [0.4, 0.5) is 13.2 Å². The van der Waals surface area contributed by atoms with E-state index in [-0.39, 0.29) is 23.6 Å². The van der Waals surface area contributed by atoms with Crippen LogP contribution >= 0.6 is 0 Å². The Bertz CT molecular complexity index is 698. The second-order valence-corrected chi connectivity index (χ2v) is 5.15. The molecule has 0 radical (unpaired) electrons. The molecule has 0 saturated heterocycles. The highest BCUT2D eigenvalue weighted by Crippen LogP contribution is 2.29. The fraction of sp³-hybridized carbons (Fsp3) is 0.353. The van der Waals surface area contributed by atoms with Gasteiger partial charge >= 0.3 is 6.18 Å². The lowest BCUT2D eigenvalue weighted by molar-refractivity contribution is -0.142. The summed E-state index contributed by atoms with van der Waals surface area (Å²) >= 11 is 0. The molecule has 0 unspecified atom stereocenters. The largest absolute Gasteiger partial charge is 0.493 e. The Hall–Kier alpha value is -2.64. The van der Waals surface area contributed by atoms with Crippen molar-refractivity contribution in [1.29, 1.82) is 0 Å². The fourth-order valence-corrected chi connectivity index (χ4v) is 2.26. The average Bonchev–Trinajstić information content (AvgIpc) is 3.06. The molecule has 1 aromatic carbocycles. The van der Waals surface area contributed by atoms with Crippen molar-refractivity contribution in [3.63, 3.8) is 0 Å². The van der Waals surface area contributed by atoms with Gasteiger partial charge in [-0.1, -0.05) is 0 Å². The molecular formula is C17H18F3NO4. The number of amides is 1. The highest BCUT2D eigenvalue weighted by molar-refractivity contribution is 5.95. The number of methoxy groups -OCH3 is 1. The summed E-state index contributed by atoms with van der Waals surface area (Å²) in [6.45, 7) is 0.498. The zero-order chi connectivity index (χ0) is 18.4. The zero-order valence-electron chi connectivity index (χ0n) is 13.8. The van der Waals surface area contributed by atoms with Gasteiger partial charge in [-0.25, -0.2) is 0 Å². The maximum absolute atomic E-state index is 12.9. The van der Waals surface area contributed by atoms with Crippen LogP contribution in [-0.2, 0) is 6.54 Å². The van der Waals surface area contributed by atoms with E-state index in [1.807, 2.05) is 0 Å². The van der Waals surface area contributed by atoms with Crippen LogP contribution in [0.15, 0.2) is 41.0 Å². The van der Waals surface area contributed by atoms with E-state index in [1.165, 1.54) is 37.6 Å². The molecule has 1 aromatic heterocycles. The van der Waals surface area contributed by atoms with Crippen LogP contribution < -0.4 is 9.47 Å². The van der Waals surface area contributed by atoms with Gasteiger partial charge < -0.3 is 18.8 Å². The van der Waals surface area contributed by atoms with Gasteiger partial charge in [0.25, 0.3) is 5.91 Å². The number of alkyl halides is 3. The Kier molecular flexibility index (Phi) is 5.95. The molecule has 0 bridgehead atoms. The van der Waals surface area contributed by atoms with Gasteiger partial charge in [-0.2, -0.15) is 13.2 Å². The van der Waals surface area contributed by atoms with Crippen molar-refractivity contribution in [2.24, 2.45) is 0 Å². The minimum atomic E-state index is -4.53. The van der Waals surface area contributed by atoms with E-state index in [0.29, 0.717) is 17.3 Å². The van der Waals surface area contributed by atoms with Crippen LogP contribution in [0.5, 0.6) is 11.5 Å². The molecule has 5 nitrogen and oxygen atoms in total. The summed E-state index contributed by atoms with van der Waals surface area (Å²) in [6, 6.07) is 7.31. The number of rotatable bonds is 7. The molecule has 2 aromatic rings. The quantitative estimate of drug-likeness (QED) is 0.754. The fourth-order valence-electron chi connectivity index (χ4n) is 2.26. The number of carbonyl (C=O) groups excluding carboxylic acids is 1. The third-order valence-corrected chi connectivity index (χ3v) is 3.29. The normalized spacial score (nSPS) is 11.2. The number of hydrogen-bond donors (Lipinski definition) is 0. The summed E-state index contributed by atoms with van der Waals surface area (Å²) in [7, 11) is 1.39. The van der Waals surface area contributed by atoms with Gasteiger partial charge in [0.05, 0.1) is 26.5 Å². The minimum Gasteiger partial charge on any atom is -0.493 e. The topological polar surface area (TPSA) is 51.9 Å². The predicted octanol–water partition coefficient (Wildman–Crippen LogP) is 3.89.